The second-order valence-corrected chi connectivity index (χ2v) is 13.7. The molecule has 1 saturated heterocycles. The molecular formula is C36H43F3N8O2. The average molecular weight is 677 g/mol. The molecule has 1 amide bonds. The van der Waals surface area contributed by atoms with E-state index in [1.165, 1.54) is 4.90 Å². The quantitative estimate of drug-likeness (QED) is 0.207. The van der Waals surface area contributed by atoms with Gasteiger partial charge in [0.25, 0.3) is 5.91 Å². The first-order valence-corrected chi connectivity index (χ1v) is 16.8. The molecule has 6 rings (SSSR count). The third-order valence-corrected chi connectivity index (χ3v) is 10.5. The number of anilines is 2. The van der Waals surface area contributed by atoms with Gasteiger partial charge in [-0.1, -0.05) is 24.8 Å². The van der Waals surface area contributed by atoms with Crippen molar-refractivity contribution < 1.29 is 22.7 Å². The van der Waals surface area contributed by atoms with Crippen LogP contribution >= 0.6 is 0 Å². The van der Waals surface area contributed by atoms with Crippen molar-refractivity contribution >= 4 is 28.2 Å². The number of amides is 1. The van der Waals surface area contributed by atoms with Gasteiger partial charge in [-0.2, -0.15) is 9.97 Å². The van der Waals surface area contributed by atoms with E-state index >= 15 is 0 Å². The molecule has 2 aromatic heterocycles. The summed E-state index contributed by atoms with van der Waals surface area (Å²) in [5.41, 5.74) is 3.94. The van der Waals surface area contributed by atoms with Gasteiger partial charge in [-0.25, -0.2) is 19.7 Å². The Balaban J connectivity index is 1.29. The first-order valence-electron chi connectivity index (χ1n) is 16.8. The number of alkyl halides is 2. The van der Waals surface area contributed by atoms with Crippen molar-refractivity contribution in [3.63, 3.8) is 0 Å². The molecule has 10 nitrogen and oxygen atoms in total. The van der Waals surface area contributed by atoms with Crippen LogP contribution in [0.25, 0.3) is 15.6 Å². The van der Waals surface area contributed by atoms with E-state index < -0.39 is 23.7 Å². The number of benzene rings is 1. The highest BCUT2D eigenvalue weighted by atomic mass is 19.3. The van der Waals surface area contributed by atoms with Crippen molar-refractivity contribution in [2.45, 2.75) is 70.6 Å². The van der Waals surface area contributed by atoms with Gasteiger partial charge in [0.1, 0.15) is 18.5 Å². The highest BCUT2D eigenvalue weighted by Crippen LogP contribution is 2.45. The van der Waals surface area contributed by atoms with Crippen molar-refractivity contribution in [3.8, 4) is 6.01 Å². The molecule has 3 aromatic rings. The van der Waals surface area contributed by atoms with Gasteiger partial charge in [0, 0.05) is 73.6 Å². The van der Waals surface area contributed by atoms with Crippen LogP contribution in [0.4, 0.5) is 24.7 Å². The fraction of sp³-hybridized carbons (Fsp3) is 0.528. The summed E-state index contributed by atoms with van der Waals surface area (Å²) in [5.74, 6) is -3.81. The second-order valence-electron chi connectivity index (χ2n) is 13.7. The molecule has 49 heavy (non-hydrogen) atoms. The van der Waals surface area contributed by atoms with Gasteiger partial charge in [0.05, 0.1) is 24.1 Å². The lowest BCUT2D eigenvalue weighted by Crippen LogP contribution is -2.57. The van der Waals surface area contributed by atoms with Gasteiger partial charge in [-0.15, -0.1) is 0 Å². The number of halogens is 3. The van der Waals surface area contributed by atoms with Crippen LogP contribution in [0.15, 0.2) is 43.0 Å². The Labute approximate surface area is 285 Å². The number of ether oxygens (including phenoxy) is 1. The third kappa shape index (κ3) is 7.02. The number of pyridine rings is 1. The Morgan fingerprint density at radius 2 is 1.96 bits per heavy atom. The first-order chi connectivity index (χ1) is 23.4. The summed E-state index contributed by atoms with van der Waals surface area (Å²) in [6.07, 6.45) is 4.20. The van der Waals surface area contributed by atoms with Gasteiger partial charge >= 0.3 is 6.01 Å². The molecule has 0 N–H and O–H groups in total. The summed E-state index contributed by atoms with van der Waals surface area (Å²) in [5, 5.41) is 2.20. The van der Waals surface area contributed by atoms with Crippen molar-refractivity contribution in [3.05, 3.63) is 71.2 Å². The zero-order valence-corrected chi connectivity index (χ0v) is 28.5. The van der Waals surface area contributed by atoms with E-state index in [1.807, 2.05) is 44.3 Å². The molecule has 2 fully saturated rings. The van der Waals surface area contributed by atoms with Gasteiger partial charge in [0.15, 0.2) is 5.83 Å². The van der Waals surface area contributed by atoms with E-state index in [0.717, 1.165) is 33.3 Å². The Bertz CT molecular complexity index is 1770. The number of carbonyl (C=O) groups excluding carboxylic acids is 1. The number of piperazine rings is 1. The van der Waals surface area contributed by atoms with Gasteiger partial charge in [-0.3, -0.25) is 14.7 Å². The lowest BCUT2D eigenvalue weighted by atomic mass is 9.76. The summed E-state index contributed by atoms with van der Waals surface area (Å²) in [6.45, 7) is 19.1. The molecule has 1 aromatic carbocycles. The highest BCUT2D eigenvalue weighted by Gasteiger charge is 2.48. The smallest absolute Gasteiger partial charge is 0.318 e. The van der Waals surface area contributed by atoms with Crippen LogP contribution in [0.2, 0.25) is 0 Å². The highest BCUT2D eigenvalue weighted by molar-refractivity contribution is 5.96. The minimum Gasteiger partial charge on any atom is -0.462 e. The van der Waals surface area contributed by atoms with Crippen molar-refractivity contribution in [1.82, 2.24) is 24.8 Å². The SMILES string of the molecule is [C-]#[N+]C[C@H]1CN(c2nc(OC[C@H](C)N(C)[C@@H](C)C3CC(F)(F)C3)nc3c2CCN(c2cncc4cccc(C)c24)C3)CCN1C(=O)C(=C)F. The normalized spacial score (nSPS) is 20.4. The lowest BCUT2D eigenvalue weighted by molar-refractivity contribution is -0.131. The monoisotopic (exact) mass is 676 g/mol. The van der Waals surface area contributed by atoms with E-state index in [4.69, 9.17) is 21.3 Å². The zero-order valence-electron chi connectivity index (χ0n) is 28.5. The summed E-state index contributed by atoms with van der Waals surface area (Å²) >= 11 is 0. The Morgan fingerprint density at radius 1 is 1.18 bits per heavy atom. The molecule has 0 unspecified atom stereocenters. The predicted octanol–water partition coefficient (Wildman–Crippen LogP) is 5.45. The maximum atomic E-state index is 13.9. The molecular weight excluding hydrogens is 633 g/mol. The largest absolute Gasteiger partial charge is 0.462 e. The average Bonchev–Trinajstić information content (AvgIpc) is 3.07. The molecule has 3 aliphatic rings. The minimum atomic E-state index is -2.58. The Kier molecular flexibility index (Phi) is 9.71. The van der Waals surface area contributed by atoms with Crippen LogP contribution in [0.1, 0.15) is 43.5 Å². The molecule has 13 heteroatoms. The van der Waals surface area contributed by atoms with Crippen LogP contribution in [0.5, 0.6) is 6.01 Å². The first kappa shape index (κ1) is 34.4. The van der Waals surface area contributed by atoms with Gasteiger partial charge < -0.3 is 24.3 Å². The predicted molar refractivity (Wildman–Crippen MR) is 183 cm³/mol. The summed E-state index contributed by atoms with van der Waals surface area (Å²) in [6, 6.07) is 5.69. The topological polar surface area (TPSA) is 82.3 Å². The summed E-state index contributed by atoms with van der Waals surface area (Å²) < 4.78 is 47.3. The number of rotatable bonds is 10. The van der Waals surface area contributed by atoms with Crippen molar-refractivity contribution in [2.24, 2.45) is 5.92 Å². The standard InChI is InChI=1S/C36H43F3N8O2/c1-22-8-7-9-26-16-41-18-31(32(22)26)45-11-10-29-30(20-45)42-35(49-21-23(2)44(6)25(4)27-14-36(38,39)15-27)43-33(29)46-12-13-47(34(48)24(3)37)28(19-46)17-40-5/h7-9,16,18,23,25,27-28H,3,10-15,17,19-21H2,1-2,4,6H3/t23-,25-,28-/m0/s1. The van der Waals surface area contributed by atoms with E-state index in [9.17, 15) is 18.0 Å². The summed E-state index contributed by atoms with van der Waals surface area (Å²) in [7, 11) is 1.93. The number of carbonyl (C=O) groups is 1. The number of hydrogen-bond acceptors (Lipinski definition) is 8. The number of likely N-dealkylation sites (N-methyl/N-ethyl adjacent to an activating group) is 1. The van der Waals surface area contributed by atoms with Gasteiger partial charge in [-0.05, 0) is 45.7 Å². The van der Waals surface area contributed by atoms with Crippen LogP contribution in [0, 0.1) is 19.4 Å². The number of nitrogens with zero attached hydrogens (tertiary/aromatic N) is 8. The fourth-order valence-corrected chi connectivity index (χ4v) is 7.39. The molecule has 0 bridgehead atoms. The molecule has 3 atom stereocenters. The number of hydrogen-bond donors (Lipinski definition) is 0. The number of aryl methyl sites for hydroxylation is 1. The zero-order chi connectivity index (χ0) is 35.0. The molecule has 1 saturated carbocycles. The van der Waals surface area contributed by atoms with Gasteiger partial charge in [0.2, 0.25) is 12.5 Å². The molecule has 1 aliphatic carbocycles. The maximum absolute atomic E-state index is 13.9. The van der Waals surface area contributed by atoms with E-state index in [-0.39, 0.29) is 56.6 Å². The molecule has 0 radical (unpaired) electrons. The van der Waals surface area contributed by atoms with Crippen LogP contribution in [-0.2, 0) is 17.8 Å². The fourth-order valence-electron chi connectivity index (χ4n) is 7.39. The number of aromatic nitrogens is 3. The molecule has 2 aliphatic heterocycles. The Hall–Kier alpha value is -4.44. The van der Waals surface area contributed by atoms with Crippen molar-refractivity contribution in [1.29, 1.82) is 0 Å². The Morgan fingerprint density at radius 3 is 2.67 bits per heavy atom. The summed E-state index contributed by atoms with van der Waals surface area (Å²) in [4.78, 5) is 38.2. The third-order valence-electron chi connectivity index (χ3n) is 10.5. The molecule has 4 heterocycles. The van der Waals surface area contributed by atoms with Crippen LogP contribution in [-0.4, -0.2) is 101 Å². The van der Waals surface area contributed by atoms with E-state index in [1.54, 1.807) is 0 Å². The van der Waals surface area contributed by atoms with Crippen molar-refractivity contribution in [2.75, 3.05) is 56.2 Å². The van der Waals surface area contributed by atoms with E-state index in [0.29, 0.717) is 38.4 Å². The van der Waals surface area contributed by atoms with Crippen LogP contribution in [0.3, 0.4) is 0 Å². The molecule has 260 valence electrons. The number of fused-ring (bicyclic) bond motifs is 2. The molecule has 0 spiro atoms. The lowest BCUT2D eigenvalue weighted by Gasteiger charge is -2.43. The van der Waals surface area contributed by atoms with E-state index in [2.05, 4.69) is 45.3 Å². The minimum absolute atomic E-state index is 0.0162. The van der Waals surface area contributed by atoms with Crippen LogP contribution < -0.4 is 14.5 Å². The second kappa shape index (κ2) is 13.8. The maximum Gasteiger partial charge on any atom is 0.318 e.